The van der Waals surface area contributed by atoms with Gasteiger partial charge < -0.3 is 0 Å². The largest absolute Gasteiger partial charge is 0.445 e. The molecule has 0 rings (SSSR count). The molecule has 0 aromatic heterocycles. The average Bonchev–Trinajstić information content (AvgIpc) is 2.12. The number of hydrogen-bond donors (Lipinski definition) is 2. The molecule has 0 radical (unpaired) electrons. The topological polar surface area (TPSA) is 75.6 Å². The van der Waals surface area contributed by atoms with Crippen molar-refractivity contribution in [3.05, 3.63) is 12.7 Å². The Labute approximate surface area is 76.3 Å². The minimum atomic E-state index is -1.14. The molecule has 0 aromatic rings. The lowest BCUT2D eigenvalue weighted by atomic mass is 10.2. The minimum Gasteiger partial charge on any atom is -0.278 e. The van der Waals surface area contributed by atoms with Gasteiger partial charge in [-0.05, 0) is 19.3 Å². The normalized spacial score (nSPS) is 9.00. The van der Waals surface area contributed by atoms with Crippen LogP contribution in [0.3, 0.4) is 0 Å². The first-order valence-corrected chi connectivity index (χ1v) is 3.96. The highest BCUT2D eigenvalue weighted by Crippen LogP contribution is 1.99. The van der Waals surface area contributed by atoms with E-state index in [0.717, 1.165) is 12.8 Å². The van der Waals surface area contributed by atoms with E-state index in [1.165, 1.54) is 0 Å². The zero-order valence-corrected chi connectivity index (χ0v) is 7.28. The Bertz CT molecular complexity index is 191. The van der Waals surface area contributed by atoms with Crippen LogP contribution in [-0.2, 0) is 9.68 Å². The van der Waals surface area contributed by atoms with Crippen LogP contribution < -0.4 is 5.32 Å². The number of allylic oxidation sites excluding steroid dienone is 1. The lowest BCUT2D eigenvalue weighted by Crippen LogP contribution is -2.29. The van der Waals surface area contributed by atoms with Crippen LogP contribution in [0.2, 0.25) is 0 Å². The van der Waals surface area contributed by atoms with Crippen LogP contribution in [0.1, 0.15) is 25.7 Å². The molecule has 0 spiro atoms. The Morgan fingerprint density at radius 1 is 1.46 bits per heavy atom. The monoisotopic (exact) mass is 187 g/mol. The Morgan fingerprint density at radius 3 is 2.69 bits per heavy atom. The summed E-state index contributed by atoms with van der Waals surface area (Å²) in [6, 6.07) is 0. The SMILES string of the molecule is C=CCCCCC(=O)NC(=O)OO. The molecule has 0 aromatic carbocycles. The molecule has 5 heteroatoms. The lowest BCUT2D eigenvalue weighted by molar-refractivity contribution is -0.178. The van der Waals surface area contributed by atoms with Crippen molar-refractivity contribution in [2.24, 2.45) is 0 Å². The van der Waals surface area contributed by atoms with E-state index in [9.17, 15) is 9.59 Å². The van der Waals surface area contributed by atoms with Crippen LogP contribution in [0.4, 0.5) is 4.79 Å². The van der Waals surface area contributed by atoms with Crippen LogP contribution in [0.25, 0.3) is 0 Å². The second-order valence-corrected chi connectivity index (χ2v) is 2.46. The van der Waals surface area contributed by atoms with Gasteiger partial charge in [0.25, 0.3) is 0 Å². The fraction of sp³-hybridized carbons (Fsp3) is 0.500. The molecular weight excluding hydrogens is 174 g/mol. The second kappa shape index (κ2) is 7.30. The fourth-order valence-corrected chi connectivity index (χ4v) is 0.773. The molecule has 0 heterocycles. The highest BCUT2D eigenvalue weighted by Gasteiger charge is 2.06. The van der Waals surface area contributed by atoms with Crippen molar-refractivity contribution in [3.63, 3.8) is 0 Å². The first-order valence-electron chi connectivity index (χ1n) is 3.96. The maximum Gasteiger partial charge on any atom is 0.445 e. The first-order chi connectivity index (χ1) is 6.20. The third kappa shape index (κ3) is 7.02. The van der Waals surface area contributed by atoms with Gasteiger partial charge in [0.2, 0.25) is 5.91 Å². The molecule has 2 amide bonds. The average molecular weight is 187 g/mol. The standard InChI is InChI=1S/C8H13NO4/c1-2-3-4-5-6-7(10)9-8(11)13-12/h2,12H,1,3-6H2,(H,9,10,11). The molecule has 0 saturated heterocycles. The van der Waals surface area contributed by atoms with E-state index in [-0.39, 0.29) is 6.42 Å². The summed E-state index contributed by atoms with van der Waals surface area (Å²) in [6.07, 6.45) is 3.23. The number of rotatable bonds is 5. The third-order valence-corrected chi connectivity index (χ3v) is 1.39. The van der Waals surface area contributed by atoms with Crippen LogP contribution in [0.5, 0.6) is 0 Å². The number of carbonyl (C=O) groups is 2. The molecule has 0 unspecified atom stereocenters. The smallest absolute Gasteiger partial charge is 0.278 e. The molecule has 74 valence electrons. The van der Waals surface area contributed by atoms with Gasteiger partial charge in [-0.1, -0.05) is 6.08 Å². The van der Waals surface area contributed by atoms with Crippen LogP contribution in [0, 0.1) is 0 Å². The molecule has 2 N–H and O–H groups in total. The van der Waals surface area contributed by atoms with Gasteiger partial charge in [0, 0.05) is 6.42 Å². The summed E-state index contributed by atoms with van der Waals surface area (Å²) in [6.45, 7) is 3.53. The maximum atomic E-state index is 10.8. The van der Waals surface area contributed by atoms with Crippen molar-refractivity contribution in [3.8, 4) is 0 Å². The fourth-order valence-electron chi connectivity index (χ4n) is 0.773. The molecule has 0 saturated carbocycles. The zero-order chi connectivity index (χ0) is 10.1. The molecule has 0 bridgehead atoms. The highest BCUT2D eigenvalue weighted by molar-refractivity contribution is 5.91. The van der Waals surface area contributed by atoms with Crippen molar-refractivity contribution in [2.45, 2.75) is 25.7 Å². The van der Waals surface area contributed by atoms with Gasteiger partial charge in [-0.15, -0.1) is 6.58 Å². The van der Waals surface area contributed by atoms with E-state index in [0.29, 0.717) is 6.42 Å². The number of hydrogen-bond acceptors (Lipinski definition) is 4. The predicted molar refractivity (Wildman–Crippen MR) is 45.9 cm³/mol. The molecule has 5 nitrogen and oxygen atoms in total. The summed E-state index contributed by atoms with van der Waals surface area (Å²) in [5, 5.41) is 9.65. The molecule has 0 aliphatic heterocycles. The minimum absolute atomic E-state index is 0.239. The zero-order valence-electron chi connectivity index (χ0n) is 7.28. The molecule has 13 heavy (non-hydrogen) atoms. The number of carbonyl (C=O) groups excluding carboxylic acids is 2. The van der Waals surface area contributed by atoms with Gasteiger partial charge >= 0.3 is 6.09 Å². The Balaban J connectivity index is 3.40. The van der Waals surface area contributed by atoms with E-state index in [4.69, 9.17) is 5.26 Å². The lowest BCUT2D eigenvalue weighted by Gasteiger charge is -1.99. The summed E-state index contributed by atoms with van der Waals surface area (Å²) < 4.78 is 0. The van der Waals surface area contributed by atoms with Gasteiger partial charge in [0.1, 0.15) is 0 Å². The van der Waals surface area contributed by atoms with Gasteiger partial charge in [0.15, 0.2) is 0 Å². The molecule has 0 atom stereocenters. The van der Waals surface area contributed by atoms with Gasteiger partial charge in [-0.3, -0.25) is 15.0 Å². The van der Waals surface area contributed by atoms with E-state index in [2.05, 4.69) is 11.5 Å². The predicted octanol–water partition coefficient (Wildman–Crippen LogP) is 1.46. The van der Waals surface area contributed by atoms with Gasteiger partial charge in [0.05, 0.1) is 0 Å². The van der Waals surface area contributed by atoms with Crippen LogP contribution >= 0.6 is 0 Å². The van der Waals surface area contributed by atoms with Crippen molar-refractivity contribution in [2.75, 3.05) is 0 Å². The van der Waals surface area contributed by atoms with Crippen molar-refractivity contribution >= 4 is 12.0 Å². The maximum absolute atomic E-state index is 10.8. The number of amides is 2. The number of nitrogens with one attached hydrogen (secondary N) is 1. The van der Waals surface area contributed by atoms with Crippen molar-refractivity contribution in [1.29, 1.82) is 0 Å². The number of unbranched alkanes of at least 4 members (excludes halogenated alkanes) is 2. The molecule has 0 aliphatic carbocycles. The summed E-state index contributed by atoms with van der Waals surface area (Å²) in [5.41, 5.74) is 0. The van der Waals surface area contributed by atoms with Crippen LogP contribution in [0.15, 0.2) is 12.7 Å². The van der Waals surface area contributed by atoms with Gasteiger partial charge in [-0.25, -0.2) is 4.79 Å². The van der Waals surface area contributed by atoms with E-state index in [1.807, 2.05) is 5.32 Å². The van der Waals surface area contributed by atoms with Crippen LogP contribution in [-0.4, -0.2) is 17.3 Å². The van der Waals surface area contributed by atoms with Gasteiger partial charge in [-0.2, -0.15) is 5.26 Å². The van der Waals surface area contributed by atoms with Crippen molar-refractivity contribution in [1.82, 2.24) is 5.32 Å². The Hall–Kier alpha value is -1.36. The summed E-state index contributed by atoms with van der Waals surface area (Å²) in [4.78, 5) is 24.4. The first kappa shape index (κ1) is 11.6. The van der Waals surface area contributed by atoms with E-state index >= 15 is 0 Å². The molecular formula is C8H13NO4. The summed E-state index contributed by atoms with van der Waals surface area (Å²) >= 11 is 0. The third-order valence-electron chi connectivity index (χ3n) is 1.39. The second-order valence-electron chi connectivity index (χ2n) is 2.46. The number of imide groups is 1. The quantitative estimate of drug-likeness (QED) is 0.295. The Kier molecular flexibility index (Phi) is 6.53. The van der Waals surface area contributed by atoms with E-state index in [1.54, 1.807) is 6.08 Å². The summed E-state index contributed by atoms with van der Waals surface area (Å²) in [5.74, 6) is -0.455. The molecule has 0 fully saturated rings. The Morgan fingerprint density at radius 2 is 2.15 bits per heavy atom. The molecule has 0 aliphatic rings. The van der Waals surface area contributed by atoms with E-state index < -0.39 is 12.0 Å². The van der Waals surface area contributed by atoms with Crippen molar-refractivity contribution < 1.29 is 19.7 Å². The highest BCUT2D eigenvalue weighted by atomic mass is 17.1. The summed E-state index contributed by atoms with van der Waals surface area (Å²) in [7, 11) is 0.